The van der Waals surface area contributed by atoms with Gasteiger partial charge in [-0.05, 0) is 35.9 Å². The maximum atomic E-state index is 6.10. The van der Waals surface area contributed by atoms with Gasteiger partial charge in [0.2, 0.25) is 0 Å². The standard InChI is InChI=1S/C15H14ClN5/c16-13-5-6-14-18-19-15(21(14)20-13)9-10-3-4-12-11(8-10)2-1-7-17-12/h1-8,13,15,19-20H,9H2. The number of nitrogens with one attached hydrogen (secondary N) is 2. The summed E-state index contributed by atoms with van der Waals surface area (Å²) in [5.74, 6) is 0.861. The molecule has 2 aliphatic rings. The zero-order chi connectivity index (χ0) is 14.2. The van der Waals surface area contributed by atoms with Gasteiger partial charge >= 0.3 is 0 Å². The van der Waals surface area contributed by atoms with Crippen LogP contribution >= 0.6 is 11.6 Å². The molecule has 2 aliphatic heterocycles. The number of hydrazone groups is 1. The largest absolute Gasteiger partial charge is 0.284 e. The first-order valence-corrected chi connectivity index (χ1v) is 7.28. The predicted molar refractivity (Wildman–Crippen MR) is 83.6 cm³/mol. The summed E-state index contributed by atoms with van der Waals surface area (Å²) in [5.41, 5.74) is 8.37. The van der Waals surface area contributed by atoms with E-state index >= 15 is 0 Å². The Morgan fingerprint density at radius 2 is 2.24 bits per heavy atom. The third kappa shape index (κ3) is 2.34. The maximum absolute atomic E-state index is 6.10. The van der Waals surface area contributed by atoms with Crippen LogP contribution in [0.15, 0.2) is 53.8 Å². The van der Waals surface area contributed by atoms with Crippen LogP contribution in [0.2, 0.25) is 0 Å². The molecule has 2 unspecified atom stereocenters. The molecule has 0 bridgehead atoms. The van der Waals surface area contributed by atoms with E-state index in [0.29, 0.717) is 0 Å². The number of halogens is 1. The van der Waals surface area contributed by atoms with Crippen LogP contribution in [0.5, 0.6) is 0 Å². The second-order valence-corrected chi connectivity index (χ2v) is 5.58. The molecule has 1 aromatic carbocycles. The fraction of sp³-hybridized carbons (Fsp3) is 0.200. The number of fused-ring (bicyclic) bond motifs is 2. The van der Waals surface area contributed by atoms with E-state index < -0.39 is 0 Å². The first-order chi connectivity index (χ1) is 10.3. The topological polar surface area (TPSA) is 52.6 Å². The molecule has 0 aliphatic carbocycles. The van der Waals surface area contributed by atoms with Crippen molar-refractivity contribution < 1.29 is 0 Å². The van der Waals surface area contributed by atoms with Gasteiger partial charge in [0.15, 0.2) is 5.84 Å². The van der Waals surface area contributed by atoms with Gasteiger partial charge in [0.25, 0.3) is 0 Å². The van der Waals surface area contributed by atoms with Gasteiger partial charge in [0, 0.05) is 18.0 Å². The summed E-state index contributed by atoms with van der Waals surface area (Å²) in [4.78, 5) is 4.34. The molecule has 0 saturated carbocycles. The summed E-state index contributed by atoms with van der Waals surface area (Å²) < 4.78 is 0. The molecule has 0 radical (unpaired) electrons. The Labute approximate surface area is 127 Å². The minimum atomic E-state index is -0.202. The van der Waals surface area contributed by atoms with Gasteiger partial charge in [-0.2, -0.15) is 5.10 Å². The zero-order valence-corrected chi connectivity index (χ0v) is 12.0. The van der Waals surface area contributed by atoms with Crippen molar-refractivity contribution in [3.63, 3.8) is 0 Å². The second-order valence-electron chi connectivity index (χ2n) is 5.11. The quantitative estimate of drug-likeness (QED) is 0.657. The van der Waals surface area contributed by atoms with Crippen LogP contribution in [0.25, 0.3) is 10.9 Å². The van der Waals surface area contributed by atoms with Crippen molar-refractivity contribution in [2.45, 2.75) is 18.1 Å². The Morgan fingerprint density at radius 1 is 1.29 bits per heavy atom. The SMILES string of the molecule is ClC1C=CC2=NNC(Cc3ccc4ncccc4c3)N2N1. The average Bonchev–Trinajstić information content (AvgIpc) is 2.89. The molecule has 0 amide bonds. The Kier molecular flexibility index (Phi) is 3.02. The van der Waals surface area contributed by atoms with E-state index in [0.717, 1.165) is 23.2 Å². The summed E-state index contributed by atoms with van der Waals surface area (Å²) in [6.07, 6.45) is 6.49. The summed E-state index contributed by atoms with van der Waals surface area (Å²) in [5, 5.41) is 7.43. The van der Waals surface area contributed by atoms with E-state index in [1.807, 2.05) is 29.4 Å². The van der Waals surface area contributed by atoms with Crippen molar-refractivity contribution in [3.05, 3.63) is 54.2 Å². The highest BCUT2D eigenvalue weighted by molar-refractivity contribution is 6.22. The molecular formula is C15H14ClN5. The number of nitrogens with zero attached hydrogens (tertiary/aromatic N) is 3. The van der Waals surface area contributed by atoms with Crippen LogP contribution in [0.1, 0.15) is 5.56 Å². The summed E-state index contributed by atoms with van der Waals surface area (Å²) in [7, 11) is 0. The van der Waals surface area contributed by atoms with Crippen LogP contribution in [0.3, 0.4) is 0 Å². The van der Waals surface area contributed by atoms with Crippen molar-refractivity contribution in [1.29, 1.82) is 0 Å². The number of aromatic nitrogens is 1. The molecule has 3 heterocycles. The molecule has 2 aromatic rings. The number of hydrogen-bond acceptors (Lipinski definition) is 5. The van der Waals surface area contributed by atoms with Crippen LogP contribution < -0.4 is 10.9 Å². The number of pyridine rings is 1. The highest BCUT2D eigenvalue weighted by Crippen LogP contribution is 2.18. The molecule has 1 aromatic heterocycles. The fourth-order valence-corrected chi connectivity index (χ4v) is 2.82. The minimum absolute atomic E-state index is 0.0559. The molecule has 0 saturated heterocycles. The molecule has 2 N–H and O–H groups in total. The van der Waals surface area contributed by atoms with Gasteiger partial charge < -0.3 is 0 Å². The minimum Gasteiger partial charge on any atom is -0.284 e. The molecule has 2 atom stereocenters. The third-order valence-electron chi connectivity index (χ3n) is 3.66. The van der Waals surface area contributed by atoms with Gasteiger partial charge in [0.05, 0.1) is 5.52 Å². The summed E-state index contributed by atoms with van der Waals surface area (Å²) >= 11 is 6.10. The van der Waals surface area contributed by atoms with Crippen molar-refractivity contribution in [1.82, 2.24) is 20.8 Å². The van der Waals surface area contributed by atoms with Crippen LogP contribution in [-0.4, -0.2) is 27.5 Å². The predicted octanol–water partition coefficient (Wildman–Crippen LogP) is 1.96. The molecule has 0 spiro atoms. The highest BCUT2D eigenvalue weighted by Gasteiger charge is 2.30. The van der Waals surface area contributed by atoms with Crippen LogP contribution in [0.4, 0.5) is 0 Å². The van der Waals surface area contributed by atoms with Crippen molar-refractivity contribution in [2.24, 2.45) is 5.10 Å². The van der Waals surface area contributed by atoms with Gasteiger partial charge in [-0.25, -0.2) is 5.43 Å². The van der Waals surface area contributed by atoms with Crippen molar-refractivity contribution in [3.8, 4) is 0 Å². The zero-order valence-electron chi connectivity index (χ0n) is 11.2. The van der Waals surface area contributed by atoms with Gasteiger partial charge in [-0.1, -0.05) is 23.7 Å². The first-order valence-electron chi connectivity index (χ1n) is 6.84. The Morgan fingerprint density at radius 3 is 3.19 bits per heavy atom. The number of benzene rings is 1. The lowest BCUT2D eigenvalue weighted by Gasteiger charge is -2.30. The Bertz CT molecular complexity index is 742. The van der Waals surface area contributed by atoms with Crippen molar-refractivity contribution in [2.75, 3.05) is 0 Å². The molecule has 0 fully saturated rings. The number of hydrazine groups is 1. The fourth-order valence-electron chi connectivity index (χ4n) is 2.64. The van der Waals surface area contributed by atoms with E-state index in [2.05, 4.69) is 45.2 Å². The van der Waals surface area contributed by atoms with Gasteiger partial charge in [-0.3, -0.25) is 15.4 Å². The molecule has 21 heavy (non-hydrogen) atoms. The Hall–Kier alpha value is -2.11. The number of hydrogen-bond donors (Lipinski definition) is 2. The summed E-state index contributed by atoms with van der Waals surface area (Å²) in [6, 6.07) is 10.4. The van der Waals surface area contributed by atoms with Gasteiger partial charge in [0.1, 0.15) is 11.7 Å². The molecular weight excluding hydrogens is 286 g/mol. The lowest BCUT2D eigenvalue weighted by molar-refractivity contribution is 0.220. The third-order valence-corrected chi connectivity index (χ3v) is 3.90. The van der Waals surface area contributed by atoms with Gasteiger partial charge in [-0.15, -0.1) is 0 Å². The van der Waals surface area contributed by atoms with Crippen LogP contribution in [0, 0.1) is 0 Å². The summed E-state index contributed by atoms with van der Waals surface area (Å²) in [6.45, 7) is 0. The van der Waals surface area contributed by atoms with E-state index in [4.69, 9.17) is 11.6 Å². The highest BCUT2D eigenvalue weighted by atomic mass is 35.5. The smallest absolute Gasteiger partial charge is 0.164 e. The second kappa shape index (κ2) is 5.02. The Balaban J connectivity index is 1.57. The monoisotopic (exact) mass is 299 g/mol. The van der Waals surface area contributed by atoms with E-state index in [9.17, 15) is 0 Å². The first kappa shape index (κ1) is 12.6. The van der Waals surface area contributed by atoms with Crippen LogP contribution in [-0.2, 0) is 6.42 Å². The number of rotatable bonds is 2. The molecule has 106 valence electrons. The van der Waals surface area contributed by atoms with E-state index in [1.54, 1.807) is 0 Å². The molecule has 6 heteroatoms. The van der Waals surface area contributed by atoms with E-state index in [1.165, 1.54) is 5.56 Å². The maximum Gasteiger partial charge on any atom is 0.164 e. The normalized spacial score (nSPS) is 23.9. The molecule has 4 rings (SSSR count). The lowest BCUT2D eigenvalue weighted by atomic mass is 10.1. The molecule has 5 nitrogen and oxygen atoms in total. The van der Waals surface area contributed by atoms with Crippen molar-refractivity contribution >= 4 is 28.3 Å². The number of alkyl halides is 1. The number of amidine groups is 1. The lowest BCUT2D eigenvalue weighted by Crippen LogP contribution is -2.53. The average molecular weight is 300 g/mol. The van der Waals surface area contributed by atoms with E-state index in [-0.39, 0.29) is 11.7 Å².